The Morgan fingerprint density at radius 2 is 1.82 bits per heavy atom. The lowest BCUT2D eigenvalue weighted by atomic mass is 9.46. The molecule has 0 spiro atoms. The van der Waals surface area contributed by atoms with Crippen molar-refractivity contribution in [2.24, 2.45) is 28.6 Å². The molecule has 2 aromatic heterocycles. The fourth-order valence-corrected chi connectivity index (χ4v) is 9.01. The highest BCUT2D eigenvalue weighted by molar-refractivity contribution is 8.26. The van der Waals surface area contributed by atoms with Crippen LogP contribution in [0.15, 0.2) is 69.4 Å². The summed E-state index contributed by atoms with van der Waals surface area (Å²) in [6.45, 7) is 3.63. The first kappa shape index (κ1) is 27.0. The molecule has 0 radical (unpaired) electrons. The number of fused-ring (bicyclic) bond motifs is 5. The highest BCUT2D eigenvalue weighted by Gasteiger charge is 2.71. The SMILES string of the molecule is C[C@]12C=CC(=O)C=C1[C@@H](F)CC1C2[C@@H](O)C[C@@]2(C)C1CC[C@]2(OC(=O)c1ccco1)C(=O)SC(=O)c1ccco1. The van der Waals surface area contributed by atoms with Crippen LogP contribution in [0.4, 0.5) is 4.39 Å². The Morgan fingerprint density at radius 3 is 2.50 bits per heavy atom. The molecule has 1 N–H and O–H groups in total. The largest absolute Gasteiger partial charge is 0.460 e. The third kappa shape index (κ3) is 3.83. The minimum Gasteiger partial charge on any atom is -0.460 e. The number of ketones is 1. The molecular formula is C30H29FO8S. The van der Waals surface area contributed by atoms with Gasteiger partial charge in [0.25, 0.3) is 5.12 Å². The van der Waals surface area contributed by atoms with Crippen molar-refractivity contribution in [3.8, 4) is 0 Å². The number of alkyl halides is 1. The van der Waals surface area contributed by atoms with Crippen molar-refractivity contribution in [2.45, 2.75) is 57.4 Å². The number of ether oxygens (including phenoxy) is 1. The number of halogens is 1. The van der Waals surface area contributed by atoms with Crippen molar-refractivity contribution in [3.63, 3.8) is 0 Å². The topological polar surface area (TPSA) is 124 Å². The van der Waals surface area contributed by atoms with E-state index in [2.05, 4.69) is 0 Å². The van der Waals surface area contributed by atoms with Crippen LogP contribution in [-0.4, -0.2) is 45.0 Å². The van der Waals surface area contributed by atoms with Gasteiger partial charge in [-0.15, -0.1) is 0 Å². The molecule has 2 aromatic rings. The number of esters is 1. The summed E-state index contributed by atoms with van der Waals surface area (Å²) in [6.07, 6.45) is 5.35. The number of furan rings is 2. The fraction of sp³-hybridized carbons (Fsp3) is 0.467. The van der Waals surface area contributed by atoms with Gasteiger partial charge >= 0.3 is 5.97 Å². The molecule has 8 atom stereocenters. The Bertz CT molecular complexity index is 1430. The minimum atomic E-state index is -1.79. The van der Waals surface area contributed by atoms with Gasteiger partial charge in [-0.25, -0.2) is 9.18 Å². The Kier molecular flexibility index (Phi) is 6.34. The number of thioether (sulfide) groups is 1. The van der Waals surface area contributed by atoms with Gasteiger partial charge in [0, 0.05) is 16.7 Å². The van der Waals surface area contributed by atoms with Crippen molar-refractivity contribution in [1.29, 1.82) is 0 Å². The first-order valence-corrected chi connectivity index (χ1v) is 14.2. The summed E-state index contributed by atoms with van der Waals surface area (Å²) in [5, 5.41) is 10.4. The predicted molar refractivity (Wildman–Crippen MR) is 141 cm³/mol. The summed E-state index contributed by atoms with van der Waals surface area (Å²) >= 11 is 0.403. The van der Waals surface area contributed by atoms with Crippen LogP contribution in [0.1, 0.15) is 60.6 Å². The smallest absolute Gasteiger partial charge is 0.375 e. The third-order valence-electron chi connectivity index (χ3n) is 9.82. The van der Waals surface area contributed by atoms with Crippen LogP contribution in [0.25, 0.3) is 0 Å². The molecule has 0 bridgehead atoms. The maximum Gasteiger partial charge on any atom is 0.375 e. The second-order valence-corrected chi connectivity index (χ2v) is 12.6. The first-order valence-electron chi connectivity index (χ1n) is 13.3. The van der Waals surface area contributed by atoms with Crippen molar-refractivity contribution >= 4 is 33.7 Å². The zero-order valence-electron chi connectivity index (χ0n) is 22.0. The summed E-state index contributed by atoms with van der Waals surface area (Å²) < 4.78 is 32.2. The Hall–Kier alpha value is -3.24. The van der Waals surface area contributed by atoms with Crippen LogP contribution in [0.2, 0.25) is 0 Å². The summed E-state index contributed by atoms with van der Waals surface area (Å²) in [5.74, 6) is -2.34. The highest BCUT2D eigenvalue weighted by atomic mass is 32.2. The van der Waals surface area contributed by atoms with Gasteiger partial charge < -0.3 is 18.7 Å². The Balaban J connectivity index is 1.40. The number of rotatable bonds is 4. The Morgan fingerprint density at radius 1 is 1.12 bits per heavy atom. The lowest BCUT2D eigenvalue weighted by Crippen LogP contribution is -2.63. The van der Waals surface area contributed by atoms with E-state index in [-0.39, 0.29) is 48.4 Å². The van der Waals surface area contributed by atoms with E-state index in [9.17, 15) is 24.3 Å². The van der Waals surface area contributed by atoms with E-state index >= 15 is 4.39 Å². The zero-order valence-corrected chi connectivity index (χ0v) is 22.8. The molecule has 0 amide bonds. The molecule has 0 saturated heterocycles. The molecule has 6 rings (SSSR count). The van der Waals surface area contributed by atoms with E-state index in [1.807, 2.05) is 6.92 Å². The lowest BCUT2D eigenvalue weighted by molar-refractivity contribution is -0.174. The number of hydrogen-bond acceptors (Lipinski definition) is 9. The lowest BCUT2D eigenvalue weighted by Gasteiger charge is -2.60. The molecule has 0 aliphatic heterocycles. The van der Waals surface area contributed by atoms with Gasteiger partial charge in [0.2, 0.25) is 10.9 Å². The molecule has 210 valence electrons. The first-order chi connectivity index (χ1) is 19.0. The van der Waals surface area contributed by atoms with Crippen LogP contribution < -0.4 is 0 Å². The number of allylic oxidation sites excluding steroid dienone is 4. The molecule has 4 aliphatic carbocycles. The van der Waals surface area contributed by atoms with E-state index in [0.29, 0.717) is 23.8 Å². The van der Waals surface area contributed by atoms with Crippen molar-refractivity contribution < 1.29 is 42.2 Å². The van der Waals surface area contributed by atoms with E-state index in [1.54, 1.807) is 13.0 Å². The third-order valence-corrected chi connectivity index (χ3v) is 10.7. The van der Waals surface area contributed by atoms with Crippen LogP contribution in [-0.2, 0) is 14.3 Å². The molecule has 3 fully saturated rings. The van der Waals surface area contributed by atoms with Crippen LogP contribution in [0.5, 0.6) is 0 Å². The average Bonchev–Trinajstić information content (AvgIpc) is 3.67. The highest BCUT2D eigenvalue weighted by Crippen LogP contribution is 2.68. The number of aliphatic hydroxyl groups is 1. The minimum absolute atomic E-state index is 0.0206. The van der Waals surface area contributed by atoms with Gasteiger partial charge in [-0.05, 0) is 91.3 Å². The van der Waals surface area contributed by atoms with Gasteiger partial charge in [-0.1, -0.05) is 19.9 Å². The molecule has 3 saturated carbocycles. The normalized spacial score (nSPS) is 38.1. The van der Waals surface area contributed by atoms with Crippen molar-refractivity contribution in [3.05, 3.63) is 72.1 Å². The van der Waals surface area contributed by atoms with Crippen LogP contribution in [0, 0.1) is 28.6 Å². The summed E-state index contributed by atoms with van der Waals surface area (Å²) in [4.78, 5) is 52.3. The maximum absolute atomic E-state index is 15.7. The van der Waals surface area contributed by atoms with Crippen LogP contribution >= 0.6 is 11.8 Å². The second-order valence-electron chi connectivity index (χ2n) is 11.7. The van der Waals surface area contributed by atoms with Crippen molar-refractivity contribution in [2.75, 3.05) is 0 Å². The predicted octanol–water partition coefficient (Wildman–Crippen LogP) is 5.10. The monoisotopic (exact) mass is 568 g/mol. The molecule has 8 nitrogen and oxygen atoms in total. The van der Waals surface area contributed by atoms with Gasteiger partial charge in [-0.3, -0.25) is 14.4 Å². The van der Waals surface area contributed by atoms with E-state index < -0.39 is 50.8 Å². The Labute approximate surface area is 234 Å². The van der Waals surface area contributed by atoms with Crippen molar-refractivity contribution in [1.82, 2.24) is 0 Å². The molecular weight excluding hydrogens is 539 g/mol. The summed E-state index contributed by atoms with van der Waals surface area (Å²) in [7, 11) is 0. The van der Waals surface area contributed by atoms with E-state index in [4.69, 9.17) is 13.6 Å². The zero-order chi connectivity index (χ0) is 28.4. The number of hydrogen-bond donors (Lipinski definition) is 1. The van der Waals surface area contributed by atoms with Gasteiger partial charge in [0.05, 0.1) is 18.6 Å². The fourth-order valence-electron chi connectivity index (χ4n) is 8.08. The quantitative estimate of drug-likeness (QED) is 0.502. The maximum atomic E-state index is 15.7. The molecule has 10 heteroatoms. The van der Waals surface area contributed by atoms with E-state index in [1.165, 1.54) is 48.9 Å². The van der Waals surface area contributed by atoms with Crippen LogP contribution in [0.3, 0.4) is 0 Å². The van der Waals surface area contributed by atoms with Gasteiger partial charge in [0.15, 0.2) is 17.1 Å². The molecule has 4 aliphatic rings. The number of carbonyl (C=O) groups excluding carboxylic acids is 4. The van der Waals surface area contributed by atoms with E-state index in [0.717, 1.165) is 0 Å². The number of carbonyl (C=O) groups is 4. The standard InChI is InChI=1S/C30H29FO8S/c1-28-9-7-16(32)13-19(28)20(31)14-17-18-8-10-30(29(18,2)15-21(33)24(17)28,39-25(34)22-5-3-11-37-22)27(36)40-26(35)23-6-4-12-38-23/h3-7,9,11-13,17-18,20-21,24,33H,8,10,14-15H2,1-2H3/t17?,18?,20-,21-,24?,28-,29-,30-/m0/s1. The number of aliphatic hydroxyl groups excluding tert-OH is 1. The molecule has 0 aromatic carbocycles. The molecule has 2 heterocycles. The summed E-state index contributed by atoms with van der Waals surface area (Å²) in [5.41, 5.74) is -3.41. The molecule has 40 heavy (non-hydrogen) atoms. The van der Waals surface area contributed by atoms with Gasteiger partial charge in [0.1, 0.15) is 6.17 Å². The summed E-state index contributed by atoms with van der Waals surface area (Å²) in [6, 6.07) is 5.91. The second kappa shape index (κ2) is 9.41. The average molecular weight is 569 g/mol. The molecule has 3 unspecified atom stereocenters. The van der Waals surface area contributed by atoms with Gasteiger partial charge in [-0.2, -0.15) is 0 Å².